The Hall–Kier alpha value is -1.80. The summed E-state index contributed by atoms with van der Waals surface area (Å²) < 4.78 is 26.0. The Morgan fingerprint density at radius 2 is 1.77 bits per heavy atom. The van der Waals surface area contributed by atoms with Crippen LogP contribution in [0.5, 0.6) is 0 Å². The minimum absolute atomic E-state index is 0.175. The number of likely N-dealkylation sites (tertiary alicyclic amines) is 1. The first kappa shape index (κ1) is 23.9. The van der Waals surface area contributed by atoms with Crippen molar-refractivity contribution in [1.29, 1.82) is 0 Å². The second-order valence-electron chi connectivity index (χ2n) is 7.80. The maximum Gasteiger partial charge on any atom is 0.243 e. The quantitative estimate of drug-likeness (QED) is 0.614. The molecule has 31 heavy (non-hydrogen) atoms. The summed E-state index contributed by atoms with van der Waals surface area (Å²) in [6.45, 7) is 4.86. The Morgan fingerprint density at radius 3 is 2.42 bits per heavy atom. The summed E-state index contributed by atoms with van der Waals surface area (Å²) in [6, 6.07) is 11.5. The lowest BCUT2D eigenvalue weighted by atomic mass is 10.1. The number of amides is 1. The summed E-state index contributed by atoms with van der Waals surface area (Å²) in [4.78, 5) is 15.3. The Morgan fingerprint density at radius 1 is 1.13 bits per heavy atom. The normalized spacial score (nSPS) is 15.6. The first-order valence-electron chi connectivity index (χ1n) is 10.2. The van der Waals surface area contributed by atoms with Gasteiger partial charge in [0, 0.05) is 18.1 Å². The predicted octanol–water partition coefficient (Wildman–Crippen LogP) is 4.06. The third-order valence-corrected chi connectivity index (χ3v) is 7.18. The number of benzene rings is 2. The summed E-state index contributed by atoms with van der Waals surface area (Å²) in [5, 5.41) is 3.41. The van der Waals surface area contributed by atoms with Crippen molar-refractivity contribution < 1.29 is 13.2 Å². The molecule has 168 valence electrons. The van der Waals surface area contributed by atoms with Gasteiger partial charge in [-0.15, -0.1) is 0 Å². The van der Waals surface area contributed by atoms with E-state index < -0.39 is 22.0 Å². The summed E-state index contributed by atoms with van der Waals surface area (Å²) in [5.74, 6) is -0.419. The SMILES string of the molecule is C[C@@H](C(=O)NCc1ccccc1CN1CCCC1)N(c1cc(Cl)ccc1Cl)S(C)(=O)=O. The summed E-state index contributed by atoms with van der Waals surface area (Å²) >= 11 is 12.3. The van der Waals surface area contributed by atoms with Gasteiger partial charge in [-0.3, -0.25) is 14.0 Å². The Kier molecular flexibility index (Phi) is 7.86. The van der Waals surface area contributed by atoms with Crippen molar-refractivity contribution in [3.63, 3.8) is 0 Å². The summed E-state index contributed by atoms with van der Waals surface area (Å²) in [6.07, 6.45) is 3.47. The monoisotopic (exact) mass is 483 g/mol. The van der Waals surface area contributed by atoms with Crippen LogP contribution >= 0.6 is 23.2 Å². The van der Waals surface area contributed by atoms with Crippen LogP contribution in [0.1, 0.15) is 30.9 Å². The molecule has 0 bridgehead atoms. The molecule has 1 aliphatic rings. The molecule has 1 fully saturated rings. The second kappa shape index (κ2) is 10.2. The van der Waals surface area contributed by atoms with Crippen molar-refractivity contribution in [2.45, 2.75) is 38.9 Å². The second-order valence-corrected chi connectivity index (χ2v) is 10.5. The zero-order valence-electron chi connectivity index (χ0n) is 17.6. The van der Waals surface area contributed by atoms with E-state index in [1.54, 1.807) is 6.07 Å². The molecule has 0 aromatic heterocycles. The molecule has 0 spiro atoms. The molecule has 6 nitrogen and oxygen atoms in total. The fourth-order valence-corrected chi connectivity index (χ4v) is 5.44. The third kappa shape index (κ3) is 6.13. The van der Waals surface area contributed by atoms with Gasteiger partial charge in [-0.25, -0.2) is 8.42 Å². The standard InChI is InChI=1S/C22H27Cl2N3O3S/c1-16(27(31(2,29)30)21-13-19(23)9-10-20(21)24)22(28)25-14-17-7-3-4-8-18(17)15-26-11-5-6-12-26/h3-4,7-10,13,16H,5-6,11-12,14-15H2,1-2H3,(H,25,28)/t16-/m0/s1. The van der Waals surface area contributed by atoms with Gasteiger partial charge in [0.2, 0.25) is 15.9 Å². The van der Waals surface area contributed by atoms with Gasteiger partial charge in [-0.05, 0) is 62.2 Å². The number of anilines is 1. The molecule has 1 heterocycles. The van der Waals surface area contributed by atoms with Crippen LogP contribution in [-0.2, 0) is 27.9 Å². The van der Waals surface area contributed by atoms with Crippen LogP contribution in [-0.4, -0.2) is 44.6 Å². The van der Waals surface area contributed by atoms with Gasteiger partial charge < -0.3 is 5.32 Å². The van der Waals surface area contributed by atoms with Crippen molar-refractivity contribution in [2.75, 3.05) is 23.7 Å². The molecule has 0 radical (unpaired) electrons. The van der Waals surface area contributed by atoms with E-state index in [9.17, 15) is 13.2 Å². The fourth-order valence-electron chi connectivity index (χ4n) is 3.83. The van der Waals surface area contributed by atoms with E-state index in [0.717, 1.165) is 41.3 Å². The highest BCUT2D eigenvalue weighted by atomic mass is 35.5. The average molecular weight is 484 g/mol. The number of halogens is 2. The lowest BCUT2D eigenvalue weighted by Crippen LogP contribution is -2.47. The van der Waals surface area contributed by atoms with Crippen LogP contribution in [0.15, 0.2) is 42.5 Å². The Labute approximate surface area is 194 Å². The number of sulfonamides is 1. The molecule has 1 N–H and O–H groups in total. The minimum Gasteiger partial charge on any atom is -0.350 e. The molecule has 0 unspecified atom stereocenters. The molecular formula is C22H27Cl2N3O3S. The van der Waals surface area contributed by atoms with Crippen molar-refractivity contribution >= 4 is 44.8 Å². The Balaban J connectivity index is 1.75. The highest BCUT2D eigenvalue weighted by Crippen LogP contribution is 2.32. The maximum absolute atomic E-state index is 12.9. The number of rotatable bonds is 8. The first-order valence-corrected chi connectivity index (χ1v) is 12.8. The van der Waals surface area contributed by atoms with Crippen LogP contribution in [0.25, 0.3) is 0 Å². The van der Waals surface area contributed by atoms with Gasteiger partial charge in [0.15, 0.2) is 0 Å². The number of carbonyl (C=O) groups excluding carboxylic acids is 1. The van der Waals surface area contributed by atoms with Crippen molar-refractivity contribution in [2.24, 2.45) is 0 Å². The van der Waals surface area contributed by atoms with Gasteiger partial charge in [0.05, 0.1) is 17.0 Å². The van der Waals surface area contributed by atoms with Gasteiger partial charge in [0.25, 0.3) is 0 Å². The molecule has 0 saturated carbocycles. The molecule has 2 aromatic rings. The predicted molar refractivity (Wildman–Crippen MR) is 126 cm³/mol. The summed E-state index contributed by atoms with van der Waals surface area (Å²) in [7, 11) is -3.79. The van der Waals surface area contributed by atoms with Crippen LogP contribution in [0, 0.1) is 0 Å². The molecule has 0 aliphatic carbocycles. The van der Waals surface area contributed by atoms with Crippen LogP contribution in [0.4, 0.5) is 5.69 Å². The number of carbonyl (C=O) groups is 1. The number of nitrogens with one attached hydrogen (secondary N) is 1. The molecule has 1 atom stereocenters. The maximum atomic E-state index is 12.9. The molecule has 1 aliphatic heterocycles. The third-order valence-electron chi connectivity index (χ3n) is 5.40. The largest absolute Gasteiger partial charge is 0.350 e. The van der Waals surface area contributed by atoms with Crippen LogP contribution < -0.4 is 9.62 Å². The van der Waals surface area contributed by atoms with E-state index in [-0.39, 0.29) is 10.7 Å². The van der Waals surface area contributed by atoms with E-state index in [4.69, 9.17) is 23.2 Å². The van der Waals surface area contributed by atoms with Crippen molar-refractivity contribution in [3.8, 4) is 0 Å². The highest BCUT2D eigenvalue weighted by molar-refractivity contribution is 7.92. The number of nitrogens with zero attached hydrogens (tertiary/aromatic N) is 2. The zero-order chi connectivity index (χ0) is 22.6. The van der Waals surface area contributed by atoms with Crippen molar-refractivity contribution in [1.82, 2.24) is 10.2 Å². The van der Waals surface area contributed by atoms with E-state index in [1.807, 2.05) is 18.2 Å². The van der Waals surface area contributed by atoms with Gasteiger partial charge in [0.1, 0.15) is 6.04 Å². The smallest absolute Gasteiger partial charge is 0.243 e. The van der Waals surface area contributed by atoms with Gasteiger partial charge in [-0.2, -0.15) is 0 Å². The number of hydrogen-bond acceptors (Lipinski definition) is 4. The zero-order valence-corrected chi connectivity index (χ0v) is 20.0. The average Bonchev–Trinajstić information content (AvgIpc) is 3.22. The fraction of sp³-hybridized carbons (Fsp3) is 0.409. The molecule has 1 saturated heterocycles. The van der Waals surface area contributed by atoms with Gasteiger partial charge >= 0.3 is 0 Å². The van der Waals surface area contributed by atoms with Crippen LogP contribution in [0.3, 0.4) is 0 Å². The Bertz CT molecular complexity index is 1040. The minimum atomic E-state index is -3.79. The molecule has 2 aromatic carbocycles. The lowest BCUT2D eigenvalue weighted by Gasteiger charge is -2.29. The summed E-state index contributed by atoms with van der Waals surface area (Å²) in [5.41, 5.74) is 2.35. The lowest BCUT2D eigenvalue weighted by molar-refractivity contribution is -0.122. The van der Waals surface area contributed by atoms with E-state index in [1.165, 1.54) is 31.9 Å². The van der Waals surface area contributed by atoms with Crippen molar-refractivity contribution in [3.05, 3.63) is 63.6 Å². The van der Waals surface area contributed by atoms with E-state index >= 15 is 0 Å². The molecule has 3 rings (SSSR count). The van der Waals surface area contributed by atoms with Crippen LogP contribution in [0.2, 0.25) is 10.0 Å². The molecular weight excluding hydrogens is 457 g/mol. The molecule has 1 amide bonds. The first-order chi connectivity index (χ1) is 14.7. The number of hydrogen-bond donors (Lipinski definition) is 1. The van der Waals surface area contributed by atoms with Gasteiger partial charge in [-0.1, -0.05) is 47.5 Å². The van der Waals surface area contributed by atoms with E-state index in [0.29, 0.717) is 11.6 Å². The topological polar surface area (TPSA) is 69.7 Å². The highest BCUT2D eigenvalue weighted by Gasteiger charge is 2.30. The molecule has 9 heteroatoms. The van der Waals surface area contributed by atoms with E-state index in [2.05, 4.69) is 16.3 Å².